The number of ether oxygens (including phenoxy) is 2. The number of ketones is 1. The number of hydrogen-bond donors (Lipinski definition) is 0. The highest BCUT2D eigenvalue weighted by atomic mass is 19.1. The van der Waals surface area contributed by atoms with Crippen molar-refractivity contribution in [3.8, 4) is 11.5 Å². The van der Waals surface area contributed by atoms with Gasteiger partial charge in [-0.15, -0.1) is 0 Å². The van der Waals surface area contributed by atoms with Gasteiger partial charge in [-0.1, -0.05) is 18.5 Å². The molecule has 170 valence electrons. The van der Waals surface area contributed by atoms with Gasteiger partial charge in [0, 0.05) is 42.4 Å². The van der Waals surface area contributed by atoms with E-state index in [9.17, 15) is 9.18 Å². The van der Waals surface area contributed by atoms with Crippen LogP contribution in [0, 0.1) is 11.7 Å². The van der Waals surface area contributed by atoms with E-state index >= 15 is 0 Å². The molecule has 1 saturated heterocycles. The molecular formula is C25H29FN2O4. The fraction of sp³-hybridized carbons (Fsp3) is 0.440. The Bertz CT molecular complexity index is 1090. The summed E-state index contributed by atoms with van der Waals surface area (Å²) >= 11 is 0. The standard InChI is InChI=1S/C25H29FN2O4/c1-16(13-21-20-9-8-19(26)15-23(20)32-27-21)25(28-11-5-4-6-12-28)31-22-10-7-18(17(2)29)14-24(22)30-3/h7-10,14-16,25H,4-6,11-13H2,1-3H3/t16?,25-/m1/s1. The molecule has 3 aromatic rings. The second-order valence-electron chi connectivity index (χ2n) is 8.48. The molecule has 1 unspecified atom stereocenters. The molecule has 6 nitrogen and oxygen atoms in total. The summed E-state index contributed by atoms with van der Waals surface area (Å²) in [6, 6.07) is 9.77. The van der Waals surface area contributed by atoms with Gasteiger partial charge >= 0.3 is 0 Å². The zero-order chi connectivity index (χ0) is 22.7. The zero-order valence-electron chi connectivity index (χ0n) is 18.8. The van der Waals surface area contributed by atoms with E-state index in [1.54, 1.807) is 31.4 Å². The number of methoxy groups -OCH3 is 1. The van der Waals surface area contributed by atoms with Gasteiger partial charge < -0.3 is 14.0 Å². The van der Waals surface area contributed by atoms with Crippen molar-refractivity contribution >= 4 is 16.8 Å². The monoisotopic (exact) mass is 440 g/mol. The average Bonchev–Trinajstić information content (AvgIpc) is 3.19. The molecule has 0 aliphatic carbocycles. The first kappa shape index (κ1) is 22.3. The van der Waals surface area contributed by atoms with E-state index in [1.807, 2.05) is 0 Å². The van der Waals surface area contributed by atoms with Crippen molar-refractivity contribution in [1.29, 1.82) is 0 Å². The first-order valence-electron chi connectivity index (χ1n) is 11.1. The molecule has 2 aromatic carbocycles. The lowest BCUT2D eigenvalue weighted by molar-refractivity contribution is -0.0260. The highest BCUT2D eigenvalue weighted by Gasteiger charge is 2.30. The molecule has 0 bridgehead atoms. The predicted octanol–water partition coefficient (Wildman–Crippen LogP) is 5.25. The van der Waals surface area contributed by atoms with Gasteiger partial charge in [-0.2, -0.15) is 0 Å². The summed E-state index contributed by atoms with van der Waals surface area (Å²) in [5.41, 5.74) is 1.82. The number of benzene rings is 2. The Labute approximate surface area is 187 Å². The van der Waals surface area contributed by atoms with Crippen LogP contribution in [-0.4, -0.2) is 42.3 Å². The van der Waals surface area contributed by atoms with Crippen molar-refractivity contribution in [1.82, 2.24) is 10.1 Å². The third-order valence-electron chi connectivity index (χ3n) is 6.08. The Morgan fingerprint density at radius 3 is 2.66 bits per heavy atom. The van der Waals surface area contributed by atoms with Crippen molar-refractivity contribution in [3.05, 3.63) is 53.5 Å². The van der Waals surface area contributed by atoms with Crippen LogP contribution in [-0.2, 0) is 6.42 Å². The number of fused-ring (bicyclic) bond motifs is 1. The lowest BCUT2D eigenvalue weighted by atomic mass is 9.98. The van der Waals surface area contributed by atoms with Crippen LogP contribution in [0.2, 0.25) is 0 Å². The second-order valence-corrected chi connectivity index (χ2v) is 8.48. The number of rotatable bonds is 8. The van der Waals surface area contributed by atoms with Gasteiger partial charge in [0.2, 0.25) is 0 Å². The lowest BCUT2D eigenvalue weighted by Gasteiger charge is -2.38. The van der Waals surface area contributed by atoms with E-state index in [0.717, 1.165) is 37.0 Å². The van der Waals surface area contributed by atoms with Gasteiger partial charge in [0.25, 0.3) is 0 Å². The Balaban J connectivity index is 1.61. The summed E-state index contributed by atoms with van der Waals surface area (Å²) in [4.78, 5) is 14.1. The van der Waals surface area contributed by atoms with Gasteiger partial charge in [-0.3, -0.25) is 9.69 Å². The largest absolute Gasteiger partial charge is 0.493 e. The van der Waals surface area contributed by atoms with Crippen LogP contribution in [0.4, 0.5) is 4.39 Å². The van der Waals surface area contributed by atoms with Crippen molar-refractivity contribution in [2.45, 2.75) is 45.8 Å². The Hall–Kier alpha value is -2.93. The zero-order valence-corrected chi connectivity index (χ0v) is 18.8. The molecule has 1 aliphatic rings. The third kappa shape index (κ3) is 4.78. The maximum atomic E-state index is 13.5. The van der Waals surface area contributed by atoms with Crippen molar-refractivity contribution < 1.29 is 23.2 Å². The predicted molar refractivity (Wildman–Crippen MR) is 120 cm³/mol. The third-order valence-corrected chi connectivity index (χ3v) is 6.08. The van der Waals surface area contributed by atoms with E-state index in [4.69, 9.17) is 14.0 Å². The minimum atomic E-state index is -0.344. The maximum Gasteiger partial charge on any atom is 0.170 e. The summed E-state index contributed by atoms with van der Waals surface area (Å²) in [6.45, 7) is 5.56. The highest BCUT2D eigenvalue weighted by Crippen LogP contribution is 2.33. The first-order chi connectivity index (χ1) is 15.5. The molecular weight excluding hydrogens is 411 g/mol. The van der Waals surface area contributed by atoms with Gasteiger partial charge in [-0.25, -0.2) is 4.39 Å². The van der Waals surface area contributed by atoms with Gasteiger partial charge in [-0.05, 0) is 50.1 Å². The molecule has 1 fully saturated rings. The minimum Gasteiger partial charge on any atom is -0.493 e. The van der Waals surface area contributed by atoms with Crippen LogP contribution < -0.4 is 9.47 Å². The smallest absolute Gasteiger partial charge is 0.170 e. The number of halogens is 1. The van der Waals surface area contributed by atoms with Crippen molar-refractivity contribution in [3.63, 3.8) is 0 Å². The Kier molecular flexibility index (Phi) is 6.74. The van der Waals surface area contributed by atoms with E-state index in [1.165, 1.54) is 25.5 Å². The van der Waals surface area contributed by atoms with Gasteiger partial charge in [0.1, 0.15) is 5.82 Å². The van der Waals surface area contributed by atoms with Crippen LogP contribution in [0.3, 0.4) is 0 Å². The van der Waals surface area contributed by atoms with E-state index in [-0.39, 0.29) is 23.7 Å². The van der Waals surface area contributed by atoms with E-state index in [0.29, 0.717) is 29.1 Å². The SMILES string of the molecule is COc1cc(C(C)=O)ccc1O[C@H](C(C)Cc1noc2cc(F)ccc12)N1CCCCC1. The van der Waals surface area contributed by atoms with Gasteiger partial charge in [0.05, 0.1) is 12.8 Å². The van der Waals surface area contributed by atoms with Crippen LogP contribution in [0.1, 0.15) is 49.2 Å². The molecule has 0 N–H and O–H groups in total. The molecule has 0 amide bonds. The van der Waals surface area contributed by atoms with Crippen LogP contribution in [0.5, 0.6) is 11.5 Å². The number of carbonyl (C=O) groups excluding carboxylic acids is 1. The van der Waals surface area contributed by atoms with Crippen LogP contribution in [0.15, 0.2) is 40.9 Å². The molecule has 1 aliphatic heterocycles. The molecule has 7 heteroatoms. The average molecular weight is 441 g/mol. The molecule has 1 aromatic heterocycles. The quantitative estimate of drug-likeness (QED) is 0.446. The molecule has 2 heterocycles. The number of carbonyl (C=O) groups is 1. The fourth-order valence-corrected chi connectivity index (χ4v) is 4.35. The Morgan fingerprint density at radius 1 is 1.16 bits per heavy atom. The Morgan fingerprint density at radius 2 is 1.94 bits per heavy atom. The lowest BCUT2D eigenvalue weighted by Crippen LogP contribution is -2.47. The van der Waals surface area contributed by atoms with E-state index in [2.05, 4.69) is 17.0 Å². The van der Waals surface area contributed by atoms with Crippen LogP contribution in [0.25, 0.3) is 11.0 Å². The second kappa shape index (κ2) is 9.69. The molecule has 4 rings (SSSR count). The normalized spacial score (nSPS) is 16.6. The number of hydrogen-bond acceptors (Lipinski definition) is 6. The first-order valence-corrected chi connectivity index (χ1v) is 11.1. The summed E-state index contributed by atoms with van der Waals surface area (Å²) in [5.74, 6) is 0.846. The van der Waals surface area contributed by atoms with Crippen LogP contribution >= 0.6 is 0 Å². The highest BCUT2D eigenvalue weighted by molar-refractivity contribution is 5.94. The summed E-state index contributed by atoms with van der Waals surface area (Å²) in [6.07, 6.45) is 3.87. The molecule has 0 saturated carbocycles. The molecule has 0 radical (unpaired) electrons. The fourth-order valence-electron chi connectivity index (χ4n) is 4.35. The number of likely N-dealkylation sites (tertiary alicyclic amines) is 1. The summed E-state index contributed by atoms with van der Waals surface area (Å²) in [5, 5.41) is 5.02. The van der Waals surface area contributed by atoms with Crippen molar-refractivity contribution in [2.24, 2.45) is 5.92 Å². The minimum absolute atomic E-state index is 0.0230. The summed E-state index contributed by atoms with van der Waals surface area (Å²) < 4.78 is 30.9. The number of aromatic nitrogens is 1. The number of piperidine rings is 1. The molecule has 2 atom stereocenters. The number of Topliss-reactive ketones (excluding diaryl/α,β-unsaturated/α-hetero) is 1. The molecule has 32 heavy (non-hydrogen) atoms. The topological polar surface area (TPSA) is 64.8 Å². The summed E-state index contributed by atoms with van der Waals surface area (Å²) in [7, 11) is 1.58. The molecule has 0 spiro atoms. The maximum absolute atomic E-state index is 13.5. The van der Waals surface area contributed by atoms with Crippen molar-refractivity contribution in [2.75, 3.05) is 20.2 Å². The van der Waals surface area contributed by atoms with E-state index < -0.39 is 0 Å². The van der Waals surface area contributed by atoms with Gasteiger partial charge in [0.15, 0.2) is 29.1 Å². The number of nitrogens with zero attached hydrogens (tertiary/aromatic N) is 2.